The molecule has 9 heteroatoms. The van der Waals surface area contributed by atoms with E-state index in [1.807, 2.05) is 0 Å². The third-order valence-corrected chi connectivity index (χ3v) is 4.03. The first-order valence-electron chi connectivity index (χ1n) is 7.62. The summed E-state index contributed by atoms with van der Waals surface area (Å²) in [5.74, 6) is 1.48. The van der Waals surface area contributed by atoms with Gasteiger partial charge in [-0.3, -0.25) is 4.79 Å². The molecule has 126 valence electrons. The van der Waals surface area contributed by atoms with Crippen LogP contribution in [-0.4, -0.2) is 50.4 Å². The van der Waals surface area contributed by atoms with Crippen LogP contribution in [0.5, 0.6) is 0 Å². The molecule has 2 N–H and O–H groups in total. The Kier molecular flexibility index (Phi) is 6.91. The first-order valence-corrected chi connectivity index (χ1v) is 9.14. The molecule has 2 rings (SSSR count). The van der Waals surface area contributed by atoms with E-state index in [2.05, 4.69) is 39.5 Å². The lowest BCUT2D eigenvalue weighted by molar-refractivity contribution is -0.118. The van der Waals surface area contributed by atoms with Gasteiger partial charge in [0, 0.05) is 13.1 Å². The minimum absolute atomic E-state index is 0.0373. The molecule has 2 heterocycles. The zero-order chi connectivity index (χ0) is 16.7. The second-order valence-electron chi connectivity index (χ2n) is 4.80. The van der Waals surface area contributed by atoms with Gasteiger partial charge in [0.15, 0.2) is 10.8 Å². The lowest BCUT2D eigenvalue weighted by Gasteiger charge is -2.09. The van der Waals surface area contributed by atoms with Crippen molar-refractivity contribution >= 4 is 46.1 Å². The Morgan fingerprint density at radius 1 is 1.35 bits per heavy atom. The van der Waals surface area contributed by atoms with Crippen molar-refractivity contribution in [3.05, 3.63) is 6.20 Å². The van der Waals surface area contributed by atoms with Crippen molar-refractivity contribution in [2.45, 2.75) is 32.0 Å². The van der Waals surface area contributed by atoms with Crippen LogP contribution < -0.4 is 10.6 Å². The second-order valence-corrected chi connectivity index (χ2v) is 6.30. The maximum absolute atomic E-state index is 11.2. The summed E-state index contributed by atoms with van der Waals surface area (Å²) in [6.45, 7) is 6.01. The van der Waals surface area contributed by atoms with Crippen molar-refractivity contribution in [1.82, 2.24) is 25.1 Å². The van der Waals surface area contributed by atoms with Gasteiger partial charge < -0.3 is 10.6 Å². The molecule has 0 unspecified atom stereocenters. The number of anilines is 1. The average Bonchev–Trinajstić information content (AvgIpc) is 2.96. The molecular weight excluding hydrogens is 336 g/mol. The standard InChI is InChI=1S/C14H21ClN6OS/c1-3-5-17-12-10-9-18-21(7-6-16-11(22)8-15)13(10)20-14(19-12)23-4-2/h9H,3-8H2,1-2H3,(H,16,22)(H,17,19,20). The van der Waals surface area contributed by atoms with Crippen molar-refractivity contribution in [3.63, 3.8) is 0 Å². The maximum Gasteiger partial charge on any atom is 0.234 e. The van der Waals surface area contributed by atoms with Gasteiger partial charge in [0.2, 0.25) is 5.91 Å². The summed E-state index contributed by atoms with van der Waals surface area (Å²) in [6, 6.07) is 0. The fourth-order valence-corrected chi connectivity index (χ4v) is 2.68. The molecule has 2 aromatic heterocycles. The van der Waals surface area contributed by atoms with Crippen molar-refractivity contribution in [3.8, 4) is 0 Å². The Hall–Kier alpha value is -1.54. The van der Waals surface area contributed by atoms with Gasteiger partial charge in [-0.15, -0.1) is 11.6 Å². The molecule has 0 aromatic carbocycles. The number of nitrogens with one attached hydrogen (secondary N) is 2. The molecule has 0 bridgehead atoms. The fourth-order valence-electron chi connectivity index (χ4n) is 2.02. The van der Waals surface area contributed by atoms with Crippen LogP contribution >= 0.6 is 23.4 Å². The second kappa shape index (κ2) is 8.93. The highest BCUT2D eigenvalue weighted by atomic mass is 35.5. The van der Waals surface area contributed by atoms with E-state index in [0.29, 0.717) is 13.1 Å². The first kappa shape index (κ1) is 17.8. The summed E-state index contributed by atoms with van der Waals surface area (Å²) >= 11 is 7.06. The van der Waals surface area contributed by atoms with Crippen LogP contribution in [0.15, 0.2) is 11.4 Å². The molecular formula is C14H21ClN6OS. The molecule has 0 radical (unpaired) electrons. The molecule has 0 saturated carbocycles. The predicted octanol–water partition coefficient (Wildman–Crippen LogP) is 2.12. The van der Waals surface area contributed by atoms with Gasteiger partial charge in [-0.1, -0.05) is 25.6 Å². The molecule has 0 fully saturated rings. The van der Waals surface area contributed by atoms with Gasteiger partial charge in [0.1, 0.15) is 11.7 Å². The van der Waals surface area contributed by atoms with E-state index >= 15 is 0 Å². The highest BCUT2D eigenvalue weighted by Crippen LogP contribution is 2.24. The minimum Gasteiger partial charge on any atom is -0.369 e. The zero-order valence-electron chi connectivity index (χ0n) is 13.3. The van der Waals surface area contributed by atoms with Gasteiger partial charge in [0.05, 0.1) is 18.1 Å². The number of aromatic nitrogens is 4. The number of nitrogens with zero attached hydrogens (tertiary/aromatic N) is 4. The van der Waals surface area contributed by atoms with Crippen molar-refractivity contribution in [1.29, 1.82) is 0 Å². The highest BCUT2D eigenvalue weighted by Gasteiger charge is 2.13. The van der Waals surface area contributed by atoms with E-state index in [9.17, 15) is 4.79 Å². The maximum atomic E-state index is 11.2. The number of halogens is 1. The largest absolute Gasteiger partial charge is 0.369 e. The van der Waals surface area contributed by atoms with E-state index in [1.165, 1.54) is 0 Å². The number of alkyl halides is 1. The number of carbonyl (C=O) groups excluding carboxylic acids is 1. The SMILES string of the molecule is CCCNc1nc(SCC)nc2c1cnn2CCNC(=O)CCl. The summed E-state index contributed by atoms with van der Waals surface area (Å²) in [4.78, 5) is 20.4. The molecule has 1 amide bonds. The molecule has 0 atom stereocenters. The van der Waals surface area contributed by atoms with Gasteiger partial charge in [-0.2, -0.15) is 5.10 Å². The van der Waals surface area contributed by atoms with E-state index < -0.39 is 0 Å². The number of fused-ring (bicyclic) bond motifs is 1. The van der Waals surface area contributed by atoms with Crippen LogP contribution in [0.25, 0.3) is 11.0 Å². The summed E-state index contributed by atoms with van der Waals surface area (Å²) in [5.41, 5.74) is 0.773. The smallest absolute Gasteiger partial charge is 0.234 e. The van der Waals surface area contributed by atoms with Crippen molar-refractivity contribution < 1.29 is 4.79 Å². The Labute approximate surface area is 144 Å². The number of hydrogen-bond acceptors (Lipinski definition) is 6. The first-order chi connectivity index (χ1) is 11.2. The predicted molar refractivity (Wildman–Crippen MR) is 94.2 cm³/mol. The van der Waals surface area contributed by atoms with Crippen LogP contribution in [0.1, 0.15) is 20.3 Å². The summed E-state index contributed by atoms with van der Waals surface area (Å²) in [5, 5.41) is 12.0. The monoisotopic (exact) mass is 356 g/mol. The van der Waals surface area contributed by atoms with Crippen molar-refractivity contribution in [2.24, 2.45) is 0 Å². The van der Waals surface area contributed by atoms with Gasteiger partial charge in [-0.25, -0.2) is 14.6 Å². The van der Waals surface area contributed by atoms with Crippen molar-refractivity contribution in [2.75, 3.05) is 30.0 Å². The third kappa shape index (κ3) is 4.71. The third-order valence-electron chi connectivity index (χ3n) is 3.06. The van der Waals surface area contributed by atoms with Crippen LogP contribution in [-0.2, 0) is 11.3 Å². The van der Waals surface area contributed by atoms with E-state index in [4.69, 9.17) is 11.6 Å². The average molecular weight is 357 g/mol. The Bertz CT molecular complexity index is 662. The lowest BCUT2D eigenvalue weighted by atomic mass is 10.3. The highest BCUT2D eigenvalue weighted by molar-refractivity contribution is 7.99. The van der Waals surface area contributed by atoms with Crippen LogP contribution in [0.3, 0.4) is 0 Å². The number of hydrogen-bond donors (Lipinski definition) is 2. The van der Waals surface area contributed by atoms with Gasteiger partial charge in [0.25, 0.3) is 0 Å². The molecule has 2 aromatic rings. The summed E-state index contributed by atoms with van der Waals surface area (Å²) < 4.78 is 1.78. The quantitative estimate of drug-likeness (QED) is 0.406. The molecule has 0 saturated heterocycles. The molecule has 0 aliphatic carbocycles. The Balaban J connectivity index is 2.24. The number of amides is 1. The van der Waals surface area contributed by atoms with E-state index in [1.54, 1.807) is 22.6 Å². The number of thioether (sulfide) groups is 1. The molecule has 0 aliphatic heterocycles. The Morgan fingerprint density at radius 3 is 2.87 bits per heavy atom. The number of carbonyl (C=O) groups is 1. The van der Waals surface area contributed by atoms with Crippen LogP contribution in [0.2, 0.25) is 0 Å². The van der Waals surface area contributed by atoms with Gasteiger partial charge >= 0.3 is 0 Å². The van der Waals surface area contributed by atoms with Gasteiger partial charge in [-0.05, 0) is 12.2 Å². The topological polar surface area (TPSA) is 84.7 Å². The number of rotatable bonds is 9. The normalized spacial score (nSPS) is 10.9. The zero-order valence-corrected chi connectivity index (χ0v) is 14.9. The lowest BCUT2D eigenvalue weighted by Crippen LogP contribution is -2.28. The minimum atomic E-state index is -0.190. The van der Waals surface area contributed by atoms with E-state index in [0.717, 1.165) is 40.7 Å². The van der Waals surface area contributed by atoms with Crippen LogP contribution in [0.4, 0.5) is 5.82 Å². The molecule has 0 spiro atoms. The fraction of sp³-hybridized carbons (Fsp3) is 0.571. The molecule has 23 heavy (non-hydrogen) atoms. The Morgan fingerprint density at radius 2 is 2.17 bits per heavy atom. The molecule has 7 nitrogen and oxygen atoms in total. The summed E-state index contributed by atoms with van der Waals surface area (Å²) in [7, 11) is 0. The van der Waals surface area contributed by atoms with E-state index in [-0.39, 0.29) is 11.8 Å². The van der Waals surface area contributed by atoms with Crippen LogP contribution in [0, 0.1) is 0 Å². The molecule has 0 aliphatic rings. The summed E-state index contributed by atoms with van der Waals surface area (Å²) in [6.07, 6.45) is 2.78.